The molecule has 25 heavy (non-hydrogen) atoms. The largest absolute Gasteiger partial charge is 0.508 e. The number of nitrogens with one attached hydrogen (secondary N) is 1. The maximum absolute atomic E-state index is 13.3. The number of hydrogen-bond acceptors (Lipinski definition) is 3. The van der Waals surface area contributed by atoms with E-state index < -0.39 is 0 Å². The fraction of sp³-hybridized carbons (Fsp3) is 0.278. The van der Waals surface area contributed by atoms with Crippen LogP contribution in [0, 0.1) is 5.82 Å². The zero-order chi connectivity index (χ0) is 17.5. The van der Waals surface area contributed by atoms with Crippen molar-refractivity contribution in [1.29, 1.82) is 0 Å². The molecule has 0 unspecified atom stereocenters. The summed E-state index contributed by atoms with van der Waals surface area (Å²) in [6.45, 7) is 0.907. The van der Waals surface area contributed by atoms with E-state index in [1.165, 1.54) is 12.1 Å². The van der Waals surface area contributed by atoms with E-state index in [9.17, 15) is 9.50 Å². The van der Waals surface area contributed by atoms with Gasteiger partial charge in [-0.25, -0.2) is 4.39 Å². The molecule has 0 amide bonds. The Hall–Kier alpha value is -2.03. The van der Waals surface area contributed by atoms with Gasteiger partial charge in [-0.1, -0.05) is 12.1 Å². The topological polar surface area (TPSA) is 57.1 Å². The van der Waals surface area contributed by atoms with Gasteiger partial charge in [-0.3, -0.25) is 4.99 Å². The van der Waals surface area contributed by atoms with E-state index >= 15 is 0 Å². The first-order valence-electron chi connectivity index (χ1n) is 7.55. The molecule has 0 spiro atoms. The number of rotatable bonds is 5. The Morgan fingerprint density at radius 2 is 2.04 bits per heavy atom. The highest BCUT2D eigenvalue weighted by Crippen LogP contribution is 2.22. The molecule has 0 atom stereocenters. The van der Waals surface area contributed by atoms with Crippen LogP contribution >= 0.6 is 24.0 Å². The number of ether oxygens (including phenoxy) is 1. The molecule has 0 aliphatic carbocycles. The molecule has 0 heterocycles. The lowest BCUT2D eigenvalue weighted by Crippen LogP contribution is -2.38. The number of phenolic OH excluding ortho intramolecular Hbond substituents is 1. The first kappa shape index (κ1) is 21.0. The standard InChI is InChI=1S/C18H22FN3O2.HI/c1-20-18(22(2)12-13-5-4-6-15(19)9-13)21-11-14-10-16(24-3)7-8-17(14)23;/h4-10,23H,11-12H2,1-3H3,(H,20,21);1H. The SMILES string of the molecule is CN=C(NCc1cc(OC)ccc1O)N(C)Cc1cccc(F)c1.I. The van der Waals surface area contributed by atoms with Crippen LogP contribution in [0.3, 0.4) is 0 Å². The number of phenols is 1. The van der Waals surface area contributed by atoms with Gasteiger partial charge in [0.25, 0.3) is 0 Å². The van der Waals surface area contributed by atoms with Crippen molar-refractivity contribution < 1.29 is 14.2 Å². The third-order valence-electron chi connectivity index (χ3n) is 3.61. The molecule has 2 rings (SSSR count). The molecule has 2 aromatic rings. The van der Waals surface area contributed by atoms with Gasteiger partial charge in [0.05, 0.1) is 7.11 Å². The van der Waals surface area contributed by atoms with Crippen LogP contribution in [-0.2, 0) is 13.1 Å². The van der Waals surface area contributed by atoms with Crippen molar-refractivity contribution in [2.75, 3.05) is 21.2 Å². The Labute approximate surface area is 164 Å². The van der Waals surface area contributed by atoms with Crippen molar-refractivity contribution in [3.63, 3.8) is 0 Å². The van der Waals surface area contributed by atoms with Gasteiger partial charge in [0.2, 0.25) is 0 Å². The molecule has 0 aliphatic rings. The van der Waals surface area contributed by atoms with Crippen LogP contribution < -0.4 is 10.1 Å². The van der Waals surface area contributed by atoms with Gasteiger partial charge in [-0.2, -0.15) is 0 Å². The Kier molecular flexibility index (Phi) is 8.47. The maximum atomic E-state index is 13.3. The van der Waals surface area contributed by atoms with Crippen molar-refractivity contribution in [3.8, 4) is 11.5 Å². The van der Waals surface area contributed by atoms with Crippen LogP contribution in [0.5, 0.6) is 11.5 Å². The second kappa shape index (κ2) is 10.1. The van der Waals surface area contributed by atoms with Gasteiger partial charge in [-0.05, 0) is 35.9 Å². The number of aliphatic imine (C=N–C) groups is 1. The van der Waals surface area contributed by atoms with E-state index in [1.54, 1.807) is 38.4 Å². The summed E-state index contributed by atoms with van der Waals surface area (Å²) in [4.78, 5) is 6.10. The molecule has 0 bridgehead atoms. The van der Waals surface area contributed by atoms with Gasteiger partial charge in [0.15, 0.2) is 5.96 Å². The van der Waals surface area contributed by atoms with Gasteiger partial charge >= 0.3 is 0 Å². The highest BCUT2D eigenvalue weighted by molar-refractivity contribution is 14.0. The van der Waals surface area contributed by atoms with Crippen LogP contribution in [0.4, 0.5) is 4.39 Å². The predicted octanol–water partition coefficient (Wildman–Crippen LogP) is 3.37. The second-order valence-corrected chi connectivity index (χ2v) is 5.38. The zero-order valence-corrected chi connectivity index (χ0v) is 16.8. The van der Waals surface area contributed by atoms with Gasteiger partial charge in [0, 0.05) is 32.7 Å². The molecular formula is C18H23FIN3O2. The fourth-order valence-electron chi connectivity index (χ4n) is 2.37. The predicted molar refractivity (Wildman–Crippen MR) is 108 cm³/mol. The van der Waals surface area contributed by atoms with Crippen LogP contribution in [0.25, 0.3) is 0 Å². The van der Waals surface area contributed by atoms with Crippen molar-refractivity contribution in [2.24, 2.45) is 4.99 Å². The number of methoxy groups -OCH3 is 1. The smallest absolute Gasteiger partial charge is 0.193 e. The van der Waals surface area contributed by atoms with Crippen molar-refractivity contribution >= 4 is 29.9 Å². The van der Waals surface area contributed by atoms with E-state index in [-0.39, 0.29) is 35.5 Å². The minimum Gasteiger partial charge on any atom is -0.508 e. The summed E-state index contributed by atoms with van der Waals surface area (Å²) >= 11 is 0. The highest BCUT2D eigenvalue weighted by Gasteiger charge is 2.09. The first-order chi connectivity index (χ1) is 11.5. The van der Waals surface area contributed by atoms with Crippen LogP contribution in [0.2, 0.25) is 0 Å². The van der Waals surface area contributed by atoms with Crippen LogP contribution in [0.15, 0.2) is 47.5 Å². The fourth-order valence-corrected chi connectivity index (χ4v) is 2.37. The molecule has 0 saturated carbocycles. The lowest BCUT2D eigenvalue weighted by atomic mass is 10.2. The van der Waals surface area contributed by atoms with E-state index in [2.05, 4.69) is 10.3 Å². The molecule has 136 valence electrons. The lowest BCUT2D eigenvalue weighted by Gasteiger charge is -2.22. The Morgan fingerprint density at radius 3 is 2.68 bits per heavy atom. The van der Waals surface area contributed by atoms with E-state index in [4.69, 9.17) is 4.74 Å². The van der Waals surface area contributed by atoms with Gasteiger partial charge < -0.3 is 20.1 Å². The zero-order valence-electron chi connectivity index (χ0n) is 14.5. The lowest BCUT2D eigenvalue weighted by molar-refractivity contribution is 0.410. The minimum atomic E-state index is -0.259. The first-order valence-corrected chi connectivity index (χ1v) is 7.55. The van der Waals surface area contributed by atoms with Crippen molar-refractivity contribution in [2.45, 2.75) is 13.1 Å². The summed E-state index contributed by atoms with van der Waals surface area (Å²) < 4.78 is 18.4. The summed E-state index contributed by atoms with van der Waals surface area (Å²) in [6.07, 6.45) is 0. The number of aromatic hydroxyl groups is 1. The molecule has 0 saturated heterocycles. The quantitative estimate of drug-likeness (QED) is 0.409. The summed E-state index contributed by atoms with van der Waals surface area (Å²) in [7, 11) is 5.12. The Bertz CT molecular complexity index is 725. The Balaban J connectivity index is 0.00000312. The average molecular weight is 459 g/mol. The summed E-state index contributed by atoms with van der Waals surface area (Å²) in [5.41, 5.74) is 1.55. The number of hydrogen-bond donors (Lipinski definition) is 2. The molecule has 0 fully saturated rings. The highest BCUT2D eigenvalue weighted by atomic mass is 127. The van der Waals surface area contributed by atoms with E-state index in [0.29, 0.717) is 30.4 Å². The number of guanidine groups is 1. The third kappa shape index (κ3) is 6.08. The molecular weight excluding hydrogens is 436 g/mol. The number of benzene rings is 2. The number of nitrogens with zero attached hydrogens (tertiary/aromatic N) is 2. The summed E-state index contributed by atoms with van der Waals surface area (Å²) in [5.74, 6) is 1.24. The summed E-state index contributed by atoms with van der Waals surface area (Å²) in [5, 5.41) is 13.1. The van der Waals surface area contributed by atoms with Crippen molar-refractivity contribution in [1.82, 2.24) is 10.2 Å². The van der Waals surface area contributed by atoms with Crippen LogP contribution in [-0.4, -0.2) is 37.2 Å². The van der Waals surface area contributed by atoms with E-state index in [1.807, 2.05) is 18.0 Å². The molecule has 0 aliphatic heterocycles. The normalized spacial score (nSPS) is 10.8. The average Bonchev–Trinajstić information content (AvgIpc) is 2.57. The monoisotopic (exact) mass is 459 g/mol. The second-order valence-electron chi connectivity index (χ2n) is 5.38. The van der Waals surface area contributed by atoms with Gasteiger partial charge in [0.1, 0.15) is 17.3 Å². The molecule has 7 heteroatoms. The maximum Gasteiger partial charge on any atom is 0.193 e. The molecule has 2 N–H and O–H groups in total. The number of halogens is 2. The van der Waals surface area contributed by atoms with E-state index in [0.717, 1.165) is 5.56 Å². The van der Waals surface area contributed by atoms with Crippen molar-refractivity contribution in [3.05, 3.63) is 59.4 Å². The third-order valence-corrected chi connectivity index (χ3v) is 3.61. The summed E-state index contributed by atoms with van der Waals surface area (Å²) in [6, 6.07) is 11.5. The minimum absolute atomic E-state index is 0. The molecule has 0 aromatic heterocycles. The molecule has 5 nitrogen and oxygen atoms in total. The molecule has 2 aromatic carbocycles. The van der Waals surface area contributed by atoms with Crippen LogP contribution in [0.1, 0.15) is 11.1 Å². The Morgan fingerprint density at radius 1 is 1.28 bits per heavy atom. The van der Waals surface area contributed by atoms with Gasteiger partial charge in [-0.15, -0.1) is 24.0 Å². The molecule has 0 radical (unpaired) electrons.